The molecule has 1 aromatic rings. The van der Waals surface area contributed by atoms with Gasteiger partial charge in [-0.3, -0.25) is 0 Å². The van der Waals surface area contributed by atoms with Gasteiger partial charge in [0.05, 0.1) is 19.3 Å². The van der Waals surface area contributed by atoms with E-state index in [1.54, 1.807) is 0 Å². The average Bonchev–Trinajstić information content (AvgIpc) is 2.97. The van der Waals surface area contributed by atoms with Gasteiger partial charge in [0, 0.05) is 31.9 Å². The van der Waals surface area contributed by atoms with Crippen molar-refractivity contribution < 1.29 is 18.3 Å². The Morgan fingerprint density at radius 3 is 2.43 bits per heavy atom. The second-order valence-corrected chi connectivity index (χ2v) is 8.45. The number of aryl methyl sites for hydroxylation is 1. The molecule has 0 amide bonds. The standard InChI is InChI=1S/C16H24N2O4S/c1-12-4-3-5-14(13(12)2)17-6-8-18(9-7-17)23(20,21)16-11-22-10-15(16)19/h3-5,15-16,19H,6-11H2,1-2H3. The van der Waals surface area contributed by atoms with Crippen molar-refractivity contribution in [3.8, 4) is 0 Å². The molecule has 0 spiro atoms. The highest BCUT2D eigenvalue weighted by Crippen LogP contribution is 2.26. The first kappa shape index (κ1) is 16.7. The summed E-state index contributed by atoms with van der Waals surface area (Å²) >= 11 is 0. The van der Waals surface area contributed by atoms with Crippen LogP contribution in [0.1, 0.15) is 11.1 Å². The van der Waals surface area contributed by atoms with Gasteiger partial charge in [-0.2, -0.15) is 4.31 Å². The van der Waals surface area contributed by atoms with Gasteiger partial charge < -0.3 is 14.7 Å². The number of rotatable bonds is 3. The summed E-state index contributed by atoms with van der Waals surface area (Å²) in [6, 6.07) is 6.20. The molecule has 2 heterocycles. The smallest absolute Gasteiger partial charge is 0.222 e. The van der Waals surface area contributed by atoms with E-state index in [1.165, 1.54) is 21.1 Å². The van der Waals surface area contributed by atoms with Gasteiger partial charge in [0.1, 0.15) is 5.25 Å². The fourth-order valence-corrected chi connectivity index (χ4v) is 5.06. The van der Waals surface area contributed by atoms with Crippen molar-refractivity contribution in [3.05, 3.63) is 29.3 Å². The SMILES string of the molecule is Cc1cccc(N2CCN(S(=O)(=O)C3COCC3O)CC2)c1C. The highest BCUT2D eigenvalue weighted by atomic mass is 32.2. The Kier molecular flexibility index (Phi) is 4.64. The van der Waals surface area contributed by atoms with Gasteiger partial charge in [-0.15, -0.1) is 0 Å². The quantitative estimate of drug-likeness (QED) is 0.868. The first-order valence-electron chi connectivity index (χ1n) is 7.97. The Hall–Kier alpha value is -1.15. The number of hydrogen-bond acceptors (Lipinski definition) is 5. The maximum atomic E-state index is 12.6. The molecule has 2 unspecified atom stereocenters. The molecule has 1 N–H and O–H groups in total. The minimum atomic E-state index is -3.50. The number of benzene rings is 1. The van der Waals surface area contributed by atoms with E-state index in [9.17, 15) is 13.5 Å². The van der Waals surface area contributed by atoms with Crippen LogP contribution in [0.5, 0.6) is 0 Å². The molecule has 2 aliphatic rings. The lowest BCUT2D eigenvalue weighted by molar-refractivity contribution is 0.127. The van der Waals surface area contributed by atoms with Crippen molar-refractivity contribution in [2.45, 2.75) is 25.2 Å². The van der Waals surface area contributed by atoms with Crippen molar-refractivity contribution in [2.75, 3.05) is 44.3 Å². The highest BCUT2D eigenvalue weighted by Gasteiger charge is 2.42. The number of anilines is 1. The Bertz CT molecular complexity index is 669. The molecule has 0 bridgehead atoms. The largest absolute Gasteiger partial charge is 0.389 e. The first-order chi connectivity index (χ1) is 10.9. The Morgan fingerprint density at radius 1 is 1.13 bits per heavy atom. The highest BCUT2D eigenvalue weighted by molar-refractivity contribution is 7.89. The Labute approximate surface area is 137 Å². The van der Waals surface area contributed by atoms with Gasteiger partial charge in [0.25, 0.3) is 0 Å². The van der Waals surface area contributed by atoms with Crippen LogP contribution in [0.15, 0.2) is 18.2 Å². The molecule has 2 aliphatic heterocycles. The third-order valence-corrected chi connectivity index (χ3v) is 7.20. The lowest BCUT2D eigenvalue weighted by Crippen LogP contribution is -2.53. The molecule has 23 heavy (non-hydrogen) atoms. The molecule has 7 heteroatoms. The van der Waals surface area contributed by atoms with E-state index < -0.39 is 21.4 Å². The number of piperazine rings is 1. The van der Waals surface area contributed by atoms with E-state index in [0.29, 0.717) is 26.2 Å². The summed E-state index contributed by atoms with van der Waals surface area (Å²) in [6.45, 7) is 6.58. The Balaban J connectivity index is 1.70. The van der Waals surface area contributed by atoms with Crippen molar-refractivity contribution in [2.24, 2.45) is 0 Å². The molecule has 0 saturated carbocycles. The summed E-state index contributed by atoms with van der Waals surface area (Å²) in [5.74, 6) is 0. The predicted octanol–water partition coefficient (Wildman–Crippen LogP) is 0.515. The van der Waals surface area contributed by atoms with Gasteiger partial charge in [-0.1, -0.05) is 12.1 Å². The van der Waals surface area contributed by atoms with Crippen molar-refractivity contribution in [3.63, 3.8) is 0 Å². The van der Waals surface area contributed by atoms with Crippen LogP contribution in [-0.2, 0) is 14.8 Å². The van der Waals surface area contributed by atoms with E-state index in [2.05, 4.69) is 30.9 Å². The molecule has 2 fully saturated rings. The van der Waals surface area contributed by atoms with Gasteiger partial charge >= 0.3 is 0 Å². The van der Waals surface area contributed by atoms with Gasteiger partial charge in [0.2, 0.25) is 10.0 Å². The van der Waals surface area contributed by atoms with Crippen LogP contribution in [0.25, 0.3) is 0 Å². The number of sulfonamides is 1. The van der Waals surface area contributed by atoms with Crippen LogP contribution in [0.2, 0.25) is 0 Å². The molecular weight excluding hydrogens is 316 g/mol. The molecule has 2 atom stereocenters. The third kappa shape index (κ3) is 3.10. The van der Waals surface area contributed by atoms with E-state index in [4.69, 9.17) is 4.74 Å². The zero-order chi connectivity index (χ0) is 16.6. The molecule has 2 saturated heterocycles. The van der Waals surface area contributed by atoms with E-state index in [1.807, 2.05) is 6.07 Å². The summed E-state index contributed by atoms with van der Waals surface area (Å²) in [7, 11) is -3.50. The summed E-state index contributed by atoms with van der Waals surface area (Å²) < 4.78 is 31.9. The molecule has 0 aliphatic carbocycles. The number of ether oxygens (including phenoxy) is 1. The average molecular weight is 340 g/mol. The predicted molar refractivity (Wildman–Crippen MR) is 89.2 cm³/mol. The maximum absolute atomic E-state index is 12.6. The second kappa shape index (κ2) is 6.39. The van der Waals surface area contributed by atoms with Crippen molar-refractivity contribution in [1.82, 2.24) is 4.31 Å². The van der Waals surface area contributed by atoms with Crippen LogP contribution >= 0.6 is 0 Å². The second-order valence-electron chi connectivity index (χ2n) is 6.29. The number of hydrogen-bond donors (Lipinski definition) is 1. The lowest BCUT2D eigenvalue weighted by atomic mass is 10.1. The number of nitrogens with zero attached hydrogens (tertiary/aromatic N) is 2. The minimum absolute atomic E-state index is 0.0840. The third-order valence-electron chi connectivity index (χ3n) is 4.90. The minimum Gasteiger partial charge on any atom is -0.389 e. The number of aliphatic hydroxyl groups excluding tert-OH is 1. The zero-order valence-corrected chi connectivity index (χ0v) is 14.4. The first-order valence-corrected chi connectivity index (χ1v) is 9.47. The fraction of sp³-hybridized carbons (Fsp3) is 0.625. The summed E-state index contributed by atoms with van der Waals surface area (Å²) in [6.07, 6.45) is -0.919. The topological polar surface area (TPSA) is 70.1 Å². The molecule has 128 valence electrons. The van der Waals surface area contributed by atoms with Gasteiger partial charge in [0.15, 0.2) is 0 Å². The van der Waals surface area contributed by atoms with Crippen LogP contribution < -0.4 is 4.90 Å². The van der Waals surface area contributed by atoms with E-state index in [0.717, 1.165) is 0 Å². The van der Waals surface area contributed by atoms with Crippen LogP contribution in [0.3, 0.4) is 0 Å². The molecule has 6 nitrogen and oxygen atoms in total. The summed E-state index contributed by atoms with van der Waals surface area (Å²) in [4.78, 5) is 2.23. The van der Waals surface area contributed by atoms with Crippen molar-refractivity contribution >= 4 is 15.7 Å². The maximum Gasteiger partial charge on any atom is 0.222 e. The van der Waals surface area contributed by atoms with Crippen LogP contribution in [0, 0.1) is 13.8 Å². The molecule has 1 aromatic carbocycles. The van der Waals surface area contributed by atoms with Gasteiger partial charge in [-0.05, 0) is 31.0 Å². The normalized spacial score (nSPS) is 26.7. The summed E-state index contributed by atoms with van der Waals surface area (Å²) in [5.41, 5.74) is 3.65. The van der Waals surface area contributed by atoms with E-state index in [-0.39, 0.29) is 13.2 Å². The van der Waals surface area contributed by atoms with Gasteiger partial charge in [-0.25, -0.2) is 8.42 Å². The summed E-state index contributed by atoms with van der Waals surface area (Å²) in [5, 5.41) is 8.99. The number of aliphatic hydroxyl groups is 1. The Morgan fingerprint density at radius 2 is 1.83 bits per heavy atom. The zero-order valence-electron chi connectivity index (χ0n) is 13.6. The van der Waals surface area contributed by atoms with E-state index >= 15 is 0 Å². The monoisotopic (exact) mass is 340 g/mol. The molecule has 3 rings (SSSR count). The van der Waals surface area contributed by atoms with Crippen molar-refractivity contribution in [1.29, 1.82) is 0 Å². The molecule has 0 radical (unpaired) electrons. The van der Waals surface area contributed by atoms with Crippen LogP contribution in [0.4, 0.5) is 5.69 Å². The molecule has 0 aromatic heterocycles. The molecular formula is C16H24N2O4S. The lowest BCUT2D eigenvalue weighted by Gasteiger charge is -2.37. The van der Waals surface area contributed by atoms with Crippen LogP contribution in [-0.4, -0.2) is 68.6 Å². The fourth-order valence-electron chi connectivity index (χ4n) is 3.26.